The van der Waals surface area contributed by atoms with E-state index in [9.17, 15) is 18.0 Å². The molecule has 0 radical (unpaired) electrons. The van der Waals surface area contributed by atoms with Crippen LogP contribution in [-0.4, -0.2) is 57.0 Å². The minimum Gasteiger partial charge on any atom is -0.383 e. The number of rotatable bonds is 10. The van der Waals surface area contributed by atoms with Gasteiger partial charge in [-0.05, 0) is 24.6 Å². The lowest BCUT2D eigenvalue weighted by Crippen LogP contribution is -2.32. The molecular weight excluding hydrogens is 382 g/mol. The molecule has 0 aliphatic rings. The average Bonchev–Trinajstić information content (AvgIpc) is 2.67. The Hall–Kier alpha value is -2.23. The summed E-state index contributed by atoms with van der Waals surface area (Å²) in [5.74, 6) is -0.457. The normalized spacial score (nSPS) is 11.9. The Morgan fingerprint density at radius 2 is 2.00 bits per heavy atom. The lowest BCUT2D eigenvalue weighted by atomic mass is 10.1. The van der Waals surface area contributed by atoms with Crippen LogP contribution in [0.1, 0.15) is 37.0 Å². The van der Waals surface area contributed by atoms with Gasteiger partial charge in [-0.2, -0.15) is 4.31 Å². The molecule has 154 valence electrons. The number of ether oxygens (including phenoxy) is 1. The molecule has 0 spiro atoms. The van der Waals surface area contributed by atoms with E-state index in [1.165, 1.54) is 35.7 Å². The lowest BCUT2D eigenvalue weighted by molar-refractivity contribution is 0.0938. The molecule has 0 aliphatic heterocycles. The van der Waals surface area contributed by atoms with E-state index in [4.69, 9.17) is 4.74 Å². The number of unbranched alkanes of at least 4 members (excludes halogenated alkanes) is 1. The number of carbonyl (C=O) groups is 1. The van der Waals surface area contributed by atoms with Crippen molar-refractivity contribution in [2.45, 2.75) is 31.6 Å². The second-order valence-corrected chi connectivity index (χ2v) is 8.29. The highest BCUT2D eigenvalue weighted by Crippen LogP contribution is 2.23. The Kier molecular flexibility index (Phi) is 7.73. The van der Waals surface area contributed by atoms with Crippen molar-refractivity contribution in [1.29, 1.82) is 0 Å². The van der Waals surface area contributed by atoms with Crippen molar-refractivity contribution >= 4 is 26.8 Å². The van der Waals surface area contributed by atoms with Gasteiger partial charge in [-0.3, -0.25) is 9.59 Å². The summed E-state index contributed by atoms with van der Waals surface area (Å²) in [6, 6.07) is 5.59. The first-order chi connectivity index (χ1) is 13.3. The third kappa shape index (κ3) is 4.98. The fourth-order valence-electron chi connectivity index (χ4n) is 2.87. The smallest absolute Gasteiger partial charge is 0.252 e. The monoisotopic (exact) mass is 409 g/mol. The maximum atomic E-state index is 13.0. The second-order valence-electron chi connectivity index (χ2n) is 6.35. The third-order valence-electron chi connectivity index (χ3n) is 4.40. The molecule has 0 saturated carbocycles. The number of amides is 1. The summed E-state index contributed by atoms with van der Waals surface area (Å²) in [6.07, 6.45) is 1.65. The summed E-state index contributed by atoms with van der Waals surface area (Å²) in [6.45, 7) is 5.19. The van der Waals surface area contributed by atoms with Crippen LogP contribution in [-0.2, 0) is 14.8 Å². The van der Waals surface area contributed by atoms with Crippen molar-refractivity contribution < 1.29 is 17.9 Å². The molecule has 0 unspecified atom stereocenters. The number of carbonyl (C=O) groups excluding carboxylic acids is 1. The van der Waals surface area contributed by atoms with Crippen LogP contribution in [0.4, 0.5) is 0 Å². The number of methoxy groups -OCH3 is 1. The van der Waals surface area contributed by atoms with E-state index in [1.54, 1.807) is 6.92 Å². The minimum absolute atomic E-state index is 0.0935. The standard InChI is InChI=1S/C19H27N3O5S/c1-4-6-10-22(5-2)28(25,26)14-7-8-17-15(12-14)16(13-18(23)21-17)19(24)20-9-11-27-3/h7-8,12-13H,4-6,9-11H2,1-3H3,(H,20,24)(H,21,23). The fraction of sp³-hybridized carbons (Fsp3) is 0.474. The third-order valence-corrected chi connectivity index (χ3v) is 6.37. The first-order valence-corrected chi connectivity index (χ1v) is 10.7. The van der Waals surface area contributed by atoms with Gasteiger partial charge in [0.25, 0.3) is 5.91 Å². The Morgan fingerprint density at radius 3 is 2.64 bits per heavy atom. The molecular formula is C19H27N3O5S. The lowest BCUT2D eigenvalue weighted by Gasteiger charge is -2.20. The molecule has 2 aromatic rings. The SMILES string of the molecule is CCCCN(CC)S(=O)(=O)c1ccc2[nH]c(=O)cc(C(=O)NCCOC)c2c1. The summed E-state index contributed by atoms with van der Waals surface area (Å²) in [5.41, 5.74) is 0.0987. The zero-order valence-corrected chi connectivity index (χ0v) is 17.3. The van der Waals surface area contributed by atoms with Crippen LogP contribution in [0.5, 0.6) is 0 Å². The summed E-state index contributed by atoms with van der Waals surface area (Å²) in [4.78, 5) is 27.1. The van der Waals surface area contributed by atoms with Crippen LogP contribution < -0.4 is 10.9 Å². The van der Waals surface area contributed by atoms with Gasteiger partial charge in [0.1, 0.15) is 0 Å². The highest BCUT2D eigenvalue weighted by atomic mass is 32.2. The topological polar surface area (TPSA) is 109 Å². The van der Waals surface area contributed by atoms with Gasteiger partial charge in [0.2, 0.25) is 15.6 Å². The molecule has 28 heavy (non-hydrogen) atoms. The van der Waals surface area contributed by atoms with Crippen molar-refractivity contribution in [3.8, 4) is 0 Å². The molecule has 1 amide bonds. The van der Waals surface area contributed by atoms with Gasteiger partial charge in [0, 0.05) is 43.7 Å². The van der Waals surface area contributed by atoms with Crippen LogP contribution >= 0.6 is 0 Å². The number of H-pyrrole nitrogens is 1. The predicted molar refractivity (Wildman–Crippen MR) is 108 cm³/mol. The fourth-order valence-corrected chi connectivity index (χ4v) is 4.39. The van der Waals surface area contributed by atoms with E-state index in [0.717, 1.165) is 12.8 Å². The quantitative estimate of drug-likeness (QED) is 0.581. The molecule has 8 nitrogen and oxygen atoms in total. The Bertz CT molecular complexity index is 985. The van der Waals surface area contributed by atoms with Gasteiger partial charge in [0.05, 0.1) is 17.1 Å². The second kappa shape index (κ2) is 9.81. The summed E-state index contributed by atoms with van der Waals surface area (Å²) < 4.78 is 32.3. The number of hydrogen-bond acceptors (Lipinski definition) is 5. The van der Waals surface area contributed by atoms with Crippen LogP contribution in [0.15, 0.2) is 34.0 Å². The number of aromatic nitrogens is 1. The molecule has 1 aromatic heterocycles. The number of hydrogen-bond donors (Lipinski definition) is 2. The Labute approximate surface area is 164 Å². The highest BCUT2D eigenvalue weighted by molar-refractivity contribution is 7.89. The predicted octanol–water partition coefficient (Wildman–Crippen LogP) is 1.71. The van der Waals surface area contributed by atoms with Gasteiger partial charge in [-0.1, -0.05) is 20.3 Å². The van der Waals surface area contributed by atoms with Crippen molar-refractivity contribution in [1.82, 2.24) is 14.6 Å². The zero-order valence-electron chi connectivity index (χ0n) is 16.4. The first kappa shape index (κ1) is 22.1. The molecule has 0 bridgehead atoms. The summed E-state index contributed by atoms with van der Waals surface area (Å²) in [7, 11) is -2.18. The number of sulfonamides is 1. The maximum Gasteiger partial charge on any atom is 0.252 e. The van der Waals surface area contributed by atoms with Crippen LogP contribution in [0.3, 0.4) is 0 Å². The molecule has 2 rings (SSSR count). The Balaban J connectivity index is 2.51. The van der Waals surface area contributed by atoms with Crippen molar-refractivity contribution in [3.63, 3.8) is 0 Å². The van der Waals surface area contributed by atoms with Crippen LogP contribution in [0.25, 0.3) is 10.9 Å². The molecule has 1 heterocycles. The number of nitrogens with one attached hydrogen (secondary N) is 2. The zero-order chi connectivity index (χ0) is 20.7. The molecule has 1 aromatic carbocycles. The van der Waals surface area contributed by atoms with Crippen LogP contribution in [0, 0.1) is 0 Å². The van der Waals surface area contributed by atoms with E-state index in [1.807, 2.05) is 6.92 Å². The van der Waals surface area contributed by atoms with Crippen molar-refractivity contribution in [2.24, 2.45) is 0 Å². The van der Waals surface area contributed by atoms with Gasteiger partial charge in [-0.25, -0.2) is 8.42 Å². The average molecular weight is 410 g/mol. The summed E-state index contributed by atoms with van der Waals surface area (Å²) >= 11 is 0. The van der Waals surface area contributed by atoms with Crippen molar-refractivity contribution in [3.05, 3.63) is 40.2 Å². The van der Waals surface area contributed by atoms with E-state index < -0.39 is 21.5 Å². The highest BCUT2D eigenvalue weighted by Gasteiger charge is 2.24. The Morgan fingerprint density at radius 1 is 1.25 bits per heavy atom. The van der Waals surface area contributed by atoms with Crippen molar-refractivity contribution in [2.75, 3.05) is 33.4 Å². The number of nitrogens with zero attached hydrogens (tertiary/aromatic N) is 1. The molecule has 0 aliphatic carbocycles. The number of aromatic amines is 1. The van der Waals surface area contributed by atoms with E-state index in [-0.39, 0.29) is 17.0 Å². The largest absolute Gasteiger partial charge is 0.383 e. The molecule has 0 atom stereocenters. The van der Waals surface area contributed by atoms with Gasteiger partial charge < -0.3 is 15.0 Å². The van der Waals surface area contributed by atoms with E-state index >= 15 is 0 Å². The first-order valence-electron chi connectivity index (χ1n) is 9.29. The summed E-state index contributed by atoms with van der Waals surface area (Å²) in [5, 5.41) is 3.04. The van der Waals surface area contributed by atoms with Crippen LogP contribution in [0.2, 0.25) is 0 Å². The van der Waals surface area contributed by atoms with E-state index in [2.05, 4.69) is 10.3 Å². The molecule has 0 fully saturated rings. The van der Waals surface area contributed by atoms with Gasteiger partial charge >= 0.3 is 0 Å². The molecule has 9 heteroatoms. The number of fused-ring (bicyclic) bond motifs is 1. The molecule has 0 saturated heterocycles. The van der Waals surface area contributed by atoms with Gasteiger partial charge in [0.15, 0.2) is 0 Å². The number of benzene rings is 1. The number of pyridine rings is 1. The molecule has 2 N–H and O–H groups in total. The maximum absolute atomic E-state index is 13.0. The van der Waals surface area contributed by atoms with Gasteiger partial charge in [-0.15, -0.1) is 0 Å². The minimum atomic E-state index is -3.70. The van der Waals surface area contributed by atoms with E-state index in [0.29, 0.717) is 30.6 Å².